The highest BCUT2D eigenvalue weighted by atomic mass is 16.6. The molecule has 0 bridgehead atoms. The largest absolute Gasteiger partial charge is 0.462 e. The molecule has 6 nitrogen and oxygen atoms in total. The van der Waals surface area contributed by atoms with E-state index in [1.807, 2.05) is 0 Å². The summed E-state index contributed by atoms with van der Waals surface area (Å²) in [6.45, 7) is 6.40. The normalized spacial score (nSPS) is 13.0. The van der Waals surface area contributed by atoms with Gasteiger partial charge in [-0.3, -0.25) is 14.4 Å². The highest BCUT2D eigenvalue weighted by molar-refractivity contribution is 5.71. The van der Waals surface area contributed by atoms with Crippen molar-refractivity contribution >= 4 is 17.9 Å². The van der Waals surface area contributed by atoms with Gasteiger partial charge < -0.3 is 14.2 Å². The second-order valence-electron chi connectivity index (χ2n) is 17.0. The average molecular weight is 901 g/mol. The molecule has 0 aliphatic rings. The van der Waals surface area contributed by atoms with Crippen LogP contribution in [0.5, 0.6) is 0 Å². The van der Waals surface area contributed by atoms with E-state index in [-0.39, 0.29) is 31.1 Å². The van der Waals surface area contributed by atoms with Crippen molar-refractivity contribution in [3.8, 4) is 0 Å². The van der Waals surface area contributed by atoms with E-state index in [9.17, 15) is 14.4 Å². The zero-order chi connectivity index (χ0) is 47.2. The van der Waals surface area contributed by atoms with Crippen LogP contribution in [-0.4, -0.2) is 37.2 Å². The first kappa shape index (κ1) is 61.1. The van der Waals surface area contributed by atoms with Crippen LogP contribution >= 0.6 is 0 Å². The lowest BCUT2D eigenvalue weighted by Crippen LogP contribution is -2.30. The number of rotatable bonds is 46. The van der Waals surface area contributed by atoms with Gasteiger partial charge in [0.15, 0.2) is 6.10 Å². The molecule has 65 heavy (non-hydrogen) atoms. The van der Waals surface area contributed by atoms with Gasteiger partial charge in [-0.25, -0.2) is 0 Å². The third kappa shape index (κ3) is 50.9. The quantitative estimate of drug-likeness (QED) is 0.0262. The van der Waals surface area contributed by atoms with E-state index in [4.69, 9.17) is 14.2 Å². The number of hydrogen-bond donors (Lipinski definition) is 0. The molecule has 0 aromatic carbocycles. The summed E-state index contributed by atoms with van der Waals surface area (Å²) < 4.78 is 16.7. The summed E-state index contributed by atoms with van der Waals surface area (Å²) in [5, 5.41) is 0. The molecule has 0 aliphatic carbocycles. The van der Waals surface area contributed by atoms with Gasteiger partial charge in [0.25, 0.3) is 0 Å². The Morgan fingerprint density at radius 3 is 1.03 bits per heavy atom. The van der Waals surface area contributed by atoms with E-state index in [0.717, 1.165) is 122 Å². The number of hydrogen-bond acceptors (Lipinski definition) is 6. The summed E-state index contributed by atoms with van der Waals surface area (Å²) in [6, 6.07) is 0. The maximum absolute atomic E-state index is 12.8. The molecule has 0 unspecified atom stereocenters. The average Bonchev–Trinajstić information content (AvgIpc) is 3.30. The Morgan fingerprint density at radius 1 is 0.323 bits per heavy atom. The number of allylic oxidation sites excluding steroid dienone is 18. The molecule has 0 fully saturated rings. The van der Waals surface area contributed by atoms with Crippen molar-refractivity contribution in [3.05, 3.63) is 109 Å². The third-order valence-corrected chi connectivity index (χ3v) is 10.7. The van der Waals surface area contributed by atoms with Crippen LogP contribution in [0.1, 0.15) is 226 Å². The van der Waals surface area contributed by atoms with Gasteiger partial charge in [-0.1, -0.05) is 188 Å². The van der Waals surface area contributed by atoms with Crippen LogP contribution in [0.2, 0.25) is 0 Å². The molecule has 0 saturated heterocycles. The highest BCUT2D eigenvalue weighted by Gasteiger charge is 2.19. The number of carbonyl (C=O) groups excluding carboxylic acids is 3. The van der Waals surface area contributed by atoms with E-state index >= 15 is 0 Å². The first-order chi connectivity index (χ1) is 32.0. The van der Waals surface area contributed by atoms with Crippen LogP contribution in [0.25, 0.3) is 0 Å². The van der Waals surface area contributed by atoms with Crippen molar-refractivity contribution in [1.82, 2.24) is 0 Å². The predicted molar refractivity (Wildman–Crippen MR) is 279 cm³/mol. The Hall–Kier alpha value is -3.93. The fraction of sp³-hybridized carbons (Fsp3) is 0.644. The summed E-state index contributed by atoms with van der Waals surface area (Å²) in [5.41, 5.74) is 0. The molecule has 0 aromatic heterocycles. The van der Waals surface area contributed by atoms with Gasteiger partial charge in [0.1, 0.15) is 13.2 Å². The van der Waals surface area contributed by atoms with E-state index in [1.54, 1.807) is 0 Å². The summed E-state index contributed by atoms with van der Waals surface area (Å²) in [5.74, 6) is -0.994. The first-order valence-corrected chi connectivity index (χ1v) is 26.4. The fourth-order valence-electron chi connectivity index (χ4n) is 6.76. The lowest BCUT2D eigenvalue weighted by molar-refractivity contribution is -0.167. The minimum absolute atomic E-state index is 0.113. The lowest BCUT2D eigenvalue weighted by Gasteiger charge is -2.18. The van der Waals surface area contributed by atoms with E-state index in [0.29, 0.717) is 19.3 Å². The van der Waals surface area contributed by atoms with E-state index < -0.39 is 6.10 Å². The summed E-state index contributed by atoms with van der Waals surface area (Å²) >= 11 is 0. The maximum Gasteiger partial charge on any atom is 0.306 e. The molecule has 0 radical (unpaired) electrons. The Labute approximate surface area is 400 Å². The summed E-state index contributed by atoms with van der Waals surface area (Å²) in [4.78, 5) is 38.0. The smallest absolute Gasteiger partial charge is 0.306 e. The lowest BCUT2D eigenvalue weighted by atomic mass is 10.1. The highest BCUT2D eigenvalue weighted by Crippen LogP contribution is 2.12. The number of ether oxygens (including phenoxy) is 3. The third-order valence-electron chi connectivity index (χ3n) is 10.7. The Bertz CT molecular complexity index is 1360. The number of unbranched alkanes of at least 4 members (excludes halogenated alkanes) is 17. The molecule has 0 saturated carbocycles. The topological polar surface area (TPSA) is 78.9 Å². The van der Waals surface area contributed by atoms with Crippen LogP contribution in [0.15, 0.2) is 109 Å². The minimum atomic E-state index is -0.813. The molecule has 0 N–H and O–H groups in total. The molecular formula is C59H96O6. The molecule has 0 rings (SSSR count). The van der Waals surface area contributed by atoms with E-state index in [2.05, 4.69) is 130 Å². The molecule has 0 spiro atoms. The molecule has 0 amide bonds. The molecule has 0 aromatic rings. The SMILES string of the molecule is CC/C=C\C/C=C\C/C=C\C/C=C\C/C=C\CCCCCC(=O)OC[C@H](COC(=O)CCCC/C=C\C/C=C\C/C=C\CCCCC)OC(=O)CCCCCCC/C=C\CCCCCC. The number of esters is 3. The van der Waals surface area contributed by atoms with Crippen LogP contribution in [-0.2, 0) is 28.6 Å². The van der Waals surface area contributed by atoms with Crippen molar-refractivity contribution in [3.63, 3.8) is 0 Å². The Balaban J connectivity index is 4.52. The Kier molecular flexibility index (Phi) is 49.5. The van der Waals surface area contributed by atoms with Gasteiger partial charge in [0, 0.05) is 19.3 Å². The first-order valence-electron chi connectivity index (χ1n) is 26.4. The number of carbonyl (C=O) groups is 3. The zero-order valence-corrected chi connectivity index (χ0v) is 42.0. The van der Waals surface area contributed by atoms with Crippen molar-refractivity contribution in [2.75, 3.05) is 13.2 Å². The fourth-order valence-corrected chi connectivity index (χ4v) is 6.76. The zero-order valence-electron chi connectivity index (χ0n) is 42.0. The molecule has 0 heterocycles. The minimum Gasteiger partial charge on any atom is -0.462 e. The summed E-state index contributed by atoms with van der Waals surface area (Å²) in [6.07, 6.45) is 70.7. The molecule has 1 atom stereocenters. The van der Waals surface area contributed by atoms with E-state index in [1.165, 1.54) is 64.2 Å². The van der Waals surface area contributed by atoms with Crippen LogP contribution in [0, 0.1) is 0 Å². The van der Waals surface area contributed by atoms with Gasteiger partial charge in [-0.05, 0) is 128 Å². The Morgan fingerprint density at radius 2 is 0.600 bits per heavy atom. The second kappa shape index (κ2) is 52.7. The van der Waals surface area contributed by atoms with Gasteiger partial charge >= 0.3 is 17.9 Å². The predicted octanol–water partition coefficient (Wildman–Crippen LogP) is 17.5. The van der Waals surface area contributed by atoms with Crippen LogP contribution in [0.4, 0.5) is 0 Å². The maximum atomic E-state index is 12.8. The molecule has 0 aliphatic heterocycles. The van der Waals surface area contributed by atoms with Crippen molar-refractivity contribution < 1.29 is 28.6 Å². The monoisotopic (exact) mass is 901 g/mol. The van der Waals surface area contributed by atoms with Gasteiger partial charge in [-0.15, -0.1) is 0 Å². The van der Waals surface area contributed by atoms with Gasteiger partial charge in [0.05, 0.1) is 0 Å². The molecular weight excluding hydrogens is 805 g/mol. The molecule has 368 valence electrons. The standard InChI is InChI=1S/C59H96O6/c1-4-7-10-13-16-19-22-25-27-28-29-30-32-35-37-40-43-46-49-52-58(61)64-55-56(65-59(62)53-50-47-44-41-38-33-24-21-18-15-12-9-6-3)54-63-57(60)51-48-45-42-39-36-34-31-26-23-20-17-14-11-8-5-2/h7,10,16-17,19-21,24-27,29-31,35-37,39,56H,4-6,8-9,11-15,18,22-23,28,32-34,38,40-55H2,1-3H3/b10-7-,19-16-,20-17-,24-21-,27-25-,30-29-,31-26-,37-35-,39-36-/t56-/m0/s1. The molecule has 6 heteroatoms. The van der Waals surface area contributed by atoms with Gasteiger partial charge in [0.2, 0.25) is 0 Å². The summed E-state index contributed by atoms with van der Waals surface area (Å²) in [7, 11) is 0. The van der Waals surface area contributed by atoms with Gasteiger partial charge in [-0.2, -0.15) is 0 Å². The van der Waals surface area contributed by atoms with Crippen molar-refractivity contribution in [2.24, 2.45) is 0 Å². The second-order valence-corrected chi connectivity index (χ2v) is 17.0. The van der Waals surface area contributed by atoms with Crippen molar-refractivity contribution in [2.45, 2.75) is 232 Å². The van der Waals surface area contributed by atoms with Crippen LogP contribution < -0.4 is 0 Å². The van der Waals surface area contributed by atoms with Crippen molar-refractivity contribution in [1.29, 1.82) is 0 Å². The van der Waals surface area contributed by atoms with Crippen LogP contribution in [0.3, 0.4) is 0 Å².